The topological polar surface area (TPSA) is 46.2 Å². The van der Waals surface area contributed by atoms with E-state index in [9.17, 15) is 12.8 Å². The summed E-state index contributed by atoms with van der Waals surface area (Å²) in [6, 6.07) is 2.29. The summed E-state index contributed by atoms with van der Waals surface area (Å²) in [5.41, 5.74) is 0.580. The zero-order chi connectivity index (χ0) is 14.9. The first-order valence-electron chi connectivity index (χ1n) is 6.39. The molecule has 0 spiro atoms. The fourth-order valence-electron chi connectivity index (χ4n) is 2.47. The third kappa shape index (κ3) is 3.85. The molecule has 0 aromatic heterocycles. The van der Waals surface area contributed by atoms with Gasteiger partial charge in [-0.15, -0.1) is 0 Å². The molecule has 1 N–H and O–H groups in total. The minimum absolute atomic E-state index is 0.0220. The first-order valence-corrected chi connectivity index (χ1v) is 8.97. The van der Waals surface area contributed by atoms with E-state index in [0.717, 1.165) is 6.42 Å². The second-order valence-corrected chi connectivity index (χ2v) is 8.17. The molecule has 112 valence electrons. The van der Waals surface area contributed by atoms with Crippen LogP contribution in [-0.4, -0.2) is 26.0 Å². The monoisotopic (exact) mass is 339 g/mol. The van der Waals surface area contributed by atoms with Crippen LogP contribution in [-0.2, 0) is 9.84 Å². The van der Waals surface area contributed by atoms with Crippen molar-refractivity contribution in [3.8, 4) is 0 Å². The van der Waals surface area contributed by atoms with Crippen LogP contribution in [0.4, 0.5) is 4.39 Å². The van der Waals surface area contributed by atoms with E-state index in [2.05, 4.69) is 5.32 Å². The average molecular weight is 340 g/mol. The van der Waals surface area contributed by atoms with Gasteiger partial charge in [-0.3, -0.25) is 0 Å². The summed E-state index contributed by atoms with van der Waals surface area (Å²) in [5, 5.41) is 3.55. The Labute approximate surface area is 128 Å². The van der Waals surface area contributed by atoms with Crippen LogP contribution >= 0.6 is 23.2 Å². The van der Waals surface area contributed by atoms with E-state index in [1.165, 1.54) is 12.1 Å². The molecule has 1 aliphatic rings. The first-order chi connectivity index (χ1) is 9.28. The molecule has 0 amide bonds. The highest BCUT2D eigenvalue weighted by Gasteiger charge is 2.26. The molecule has 2 rings (SSSR count). The second kappa shape index (κ2) is 6.18. The minimum atomic E-state index is -2.98. The zero-order valence-corrected chi connectivity index (χ0v) is 13.3. The second-order valence-electron chi connectivity index (χ2n) is 5.13. The first kappa shape index (κ1) is 16.0. The van der Waals surface area contributed by atoms with E-state index in [0.29, 0.717) is 17.0 Å². The van der Waals surface area contributed by atoms with Gasteiger partial charge in [-0.2, -0.15) is 0 Å². The van der Waals surface area contributed by atoms with Crippen LogP contribution in [0.2, 0.25) is 10.0 Å². The minimum Gasteiger partial charge on any atom is -0.306 e. The van der Waals surface area contributed by atoms with Gasteiger partial charge >= 0.3 is 0 Å². The Balaban J connectivity index is 2.12. The fourth-order valence-corrected chi connectivity index (χ4v) is 4.66. The van der Waals surface area contributed by atoms with Crippen LogP contribution in [0.1, 0.15) is 31.4 Å². The van der Waals surface area contributed by atoms with E-state index in [1.807, 2.05) is 6.92 Å². The molecule has 1 fully saturated rings. The molecule has 3 nitrogen and oxygen atoms in total. The SMILES string of the molecule is CC(NC1CCCS(=O)(=O)C1)c1cc(F)c(Cl)cc1Cl. The van der Waals surface area contributed by atoms with E-state index >= 15 is 0 Å². The van der Waals surface area contributed by atoms with Crippen LogP contribution in [0.3, 0.4) is 0 Å². The van der Waals surface area contributed by atoms with Gasteiger partial charge in [0, 0.05) is 17.1 Å². The zero-order valence-electron chi connectivity index (χ0n) is 11.0. The number of benzene rings is 1. The highest BCUT2D eigenvalue weighted by Crippen LogP contribution is 2.29. The summed E-state index contributed by atoms with van der Waals surface area (Å²) in [5.74, 6) is -0.169. The van der Waals surface area contributed by atoms with Gasteiger partial charge in [0.05, 0.1) is 16.5 Å². The molecule has 1 heterocycles. The predicted molar refractivity (Wildman–Crippen MR) is 79.6 cm³/mol. The Morgan fingerprint density at radius 2 is 2.05 bits per heavy atom. The predicted octanol–water partition coefficient (Wildman–Crippen LogP) is 3.36. The molecule has 0 aliphatic carbocycles. The Morgan fingerprint density at radius 1 is 1.35 bits per heavy atom. The Hall–Kier alpha value is -0.360. The third-order valence-electron chi connectivity index (χ3n) is 3.45. The highest BCUT2D eigenvalue weighted by atomic mass is 35.5. The van der Waals surface area contributed by atoms with Gasteiger partial charge in [-0.05, 0) is 37.5 Å². The van der Waals surface area contributed by atoms with Gasteiger partial charge in [-0.25, -0.2) is 12.8 Å². The van der Waals surface area contributed by atoms with Gasteiger partial charge in [0.15, 0.2) is 9.84 Å². The number of nitrogens with one attached hydrogen (secondary N) is 1. The van der Waals surface area contributed by atoms with Crippen LogP contribution in [0.5, 0.6) is 0 Å². The van der Waals surface area contributed by atoms with Crippen molar-refractivity contribution >= 4 is 33.0 Å². The van der Waals surface area contributed by atoms with E-state index < -0.39 is 15.7 Å². The number of hydrogen-bond acceptors (Lipinski definition) is 3. The normalized spacial score (nSPS) is 23.5. The van der Waals surface area contributed by atoms with Crippen molar-refractivity contribution in [2.45, 2.75) is 31.8 Å². The van der Waals surface area contributed by atoms with Gasteiger partial charge in [0.25, 0.3) is 0 Å². The third-order valence-corrected chi connectivity index (χ3v) is 5.89. The van der Waals surface area contributed by atoms with Crippen molar-refractivity contribution in [3.05, 3.63) is 33.6 Å². The van der Waals surface area contributed by atoms with Crippen LogP contribution in [0.15, 0.2) is 12.1 Å². The van der Waals surface area contributed by atoms with E-state index in [-0.39, 0.29) is 28.6 Å². The number of sulfone groups is 1. The quantitative estimate of drug-likeness (QED) is 0.859. The van der Waals surface area contributed by atoms with Crippen molar-refractivity contribution in [2.24, 2.45) is 0 Å². The molecule has 7 heteroatoms. The van der Waals surface area contributed by atoms with E-state index in [4.69, 9.17) is 23.2 Å². The van der Waals surface area contributed by atoms with Gasteiger partial charge in [-0.1, -0.05) is 23.2 Å². The largest absolute Gasteiger partial charge is 0.306 e. The van der Waals surface area contributed by atoms with E-state index in [1.54, 1.807) is 0 Å². The smallest absolute Gasteiger partial charge is 0.151 e. The molecule has 2 atom stereocenters. The number of hydrogen-bond donors (Lipinski definition) is 1. The maximum atomic E-state index is 13.5. The Morgan fingerprint density at radius 3 is 2.70 bits per heavy atom. The molecule has 1 saturated heterocycles. The molecule has 1 aliphatic heterocycles. The summed E-state index contributed by atoms with van der Waals surface area (Å²) in [6.07, 6.45) is 1.44. The highest BCUT2D eigenvalue weighted by molar-refractivity contribution is 7.91. The van der Waals surface area contributed by atoms with Crippen molar-refractivity contribution in [3.63, 3.8) is 0 Å². The summed E-state index contributed by atoms with van der Waals surface area (Å²) in [6.45, 7) is 1.83. The van der Waals surface area contributed by atoms with Gasteiger partial charge in [0.2, 0.25) is 0 Å². The lowest BCUT2D eigenvalue weighted by Crippen LogP contribution is -2.41. The van der Waals surface area contributed by atoms with Crippen molar-refractivity contribution in [1.29, 1.82) is 0 Å². The van der Waals surface area contributed by atoms with Crippen molar-refractivity contribution in [2.75, 3.05) is 11.5 Å². The number of halogens is 3. The lowest BCUT2D eigenvalue weighted by Gasteiger charge is -2.27. The average Bonchev–Trinajstić information content (AvgIpc) is 2.32. The van der Waals surface area contributed by atoms with Crippen molar-refractivity contribution in [1.82, 2.24) is 5.32 Å². The van der Waals surface area contributed by atoms with Crippen LogP contribution in [0, 0.1) is 5.82 Å². The van der Waals surface area contributed by atoms with Gasteiger partial charge in [0.1, 0.15) is 5.82 Å². The van der Waals surface area contributed by atoms with Crippen LogP contribution in [0.25, 0.3) is 0 Å². The fraction of sp³-hybridized carbons (Fsp3) is 0.538. The molecular weight excluding hydrogens is 324 g/mol. The molecule has 20 heavy (non-hydrogen) atoms. The molecule has 0 bridgehead atoms. The standard InChI is InChI=1S/C13H16Cl2FNO2S/c1-8(10-5-13(16)12(15)6-11(10)14)17-9-3-2-4-20(18,19)7-9/h5-6,8-9,17H,2-4,7H2,1H3. The van der Waals surface area contributed by atoms with Gasteiger partial charge < -0.3 is 5.32 Å². The molecule has 2 unspecified atom stereocenters. The lowest BCUT2D eigenvalue weighted by atomic mass is 10.1. The maximum absolute atomic E-state index is 13.5. The summed E-state index contributed by atoms with van der Waals surface area (Å²) >= 11 is 11.7. The maximum Gasteiger partial charge on any atom is 0.151 e. The Kier molecular flexibility index (Phi) is 4.95. The number of rotatable bonds is 3. The summed E-state index contributed by atoms with van der Waals surface area (Å²) in [4.78, 5) is 0. The molecule has 0 radical (unpaired) electrons. The molecule has 1 aromatic rings. The lowest BCUT2D eigenvalue weighted by molar-refractivity contribution is 0.436. The molecule has 1 aromatic carbocycles. The molecular formula is C13H16Cl2FNO2S. The summed E-state index contributed by atoms with van der Waals surface area (Å²) in [7, 11) is -2.98. The summed E-state index contributed by atoms with van der Waals surface area (Å²) < 4.78 is 36.7. The Bertz CT molecular complexity index is 607. The van der Waals surface area contributed by atoms with Crippen LogP contribution < -0.4 is 5.32 Å². The van der Waals surface area contributed by atoms with Crippen molar-refractivity contribution < 1.29 is 12.8 Å². The molecule has 0 saturated carbocycles.